The fourth-order valence-corrected chi connectivity index (χ4v) is 2.60. The number of nitrogens with one attached hydrogen (secondary N) is 1. The minimum absolute atomic E-state index is 0.00556. The number of rotatable bonds is 6. The van der Waals surface area contributed by atoms with Gasteiger partial charge in [0.05, 0.1) is 18.3 Å². The van der Waals surface area contributed by atoms with Crippen LogP contribution in [0.5, 0.6) is 0 Å². The molecule has 1 N–H and O–H groups in total. The second-order valence-corrected chi connectivity index (χ2v) is 5.92. The maximum atomic E-state index is 12.1. The molecule has 0 aromatic heterocycles. The van der Waals surface area contributed by atoms with Crippen molar-refractivity contribution in [2.24, 2.45) is 5.92 Å². The van der Waals surface area contributed by atoms with E-state index in [1.807, 2.05) is 25.7 Å². The predicted molar refractivity (Wildman–Crippen MR) is 79.8 cm³/mol. The lowest BCUT2D eigenvalue weighted by Crippen LogP contribution is -2.52. The summed E-state index contributed by atoms with van der Waals surface area (Å²) in [5, 5.41) is 2.99. The van der Waals surface area contributed by atoms with Gasteiger partial charge in [0.15, 0.2) is 0 Å². The van der Waals surface area contributed by atoms with Crippen LogP contribution in [0.2, 0.25) is 0 Å². The van der Waals surface area contributed by atoms with Gasteiger partial charge in [-0.15, -0.1) is 0 Å². The van der Waals surface area contributed by atoms with Gasteiger partial charge in [-0.1, -0.05) is 13.8 Å². The topological polar surface area (TPSA) is 50.8 Å². The summed E-state index contributed by atoms with van der Waals surface area (Å²) in [6.07, 6.45) is 1.28. The average Bonchev–Trinajstić information content (AvgIpc) is 2.36. The molecule has 0 saturated carbocycles. The maximum Gasteiger partial charge on any atom is 0.317 e. The Morgan fingerprint density at radius 2 is 1.95 bits per heavy atom. The molecule has 0 radical (unpaired) electrons. The van der Waals surface area contributed by atoms with Gasteiger partial charge in [0.25, 0.3) is 0 Å². The number of morpholine rings is 1. The quantitative estimate of drug-likeness (QED) is 0.815. The van der Waals surface area contributed by atoms with Crippen LogP contribution in [0.4, 0.5) is 4.79 Å². The highest BCUT2D eigenvalue weighted by Crippen LogP contribution is 2.12. The van der Waals surface area contributed by atoms with E-state index in [2.05, 4.69) is 19.2 Å². The Balaban J connectivity index is 2.31. The van der Waals surface area contributed by atoms with Crippen LogP contribution in [0, 0.1) is 5.92 Å². The van der Waals surface area contributed by atoms with E-state index >= 15 is 0 Å². The molecule has 1 heterocycles. The highest BCUT2D eigenvalue weighted by atomic mass is 16.5. The number of nitrogens with zero attached hydrogens (tertiary/aromatic N) is 1. The van der Waals surface area contributed by atoms with Gasteiger partial charge in [0.2, 0.25) is 0 Å². The molecule has 20 heavy (non-hydrogen) atoms. The molecule has 118 valence electrons. The van der Waals surface area contributed by atoms with Crippen molar-refractivity contribution in [1.29, 1.82) is 0 Å². The molecule has 1 rings (SSSR count). The summed E-state index contributed by atoms with van der Waals surface area (Å²) in [5.74, 6) is 0.468. The SMILES string of the molecule is CCO[C@H](CCNC(=O)N1C[C@@H](C)O[C@@H](C)C1)C(C)C. The molecule has 1 fully saturated rings. The van der Waals surface area contributed by atoms with Gasteiger partial charge in [0.1, 0.15) is 0 Å². The minimum atomic E-state index is 0.00556. The van der Waals surface area contributed by atoms with Gasteiger partial charge in [-0.25, -0.2) is 4.79 Å². The van der Waals surface area contributed by atoms with Gasteiger partial charge in [-0.05, 0) is 33.1 Å². The van der Waals surface area contributed by atoms with Crippen molar-refractivity contribution >= 4 is 6.03 Å². The Morgan fingerprint density at radius 3 is 2.45 bits per heavy atom. The molecule has 5 heteroatoms. The van der Waals surface area contributed by atoms with E-state index in [0.717, 1.165) is 13.0 Å². The minimum Gasteiger partial charge on any atom is -0.378 e. The zero-order chi connectivity index (χ0) is 15.1. The van der Waals surface area contributed by atoms with E-state index in [4.69, 9.17) is 9.47 Å². The third-order valence-electron chi connectivity index (χ3n) is 3.54. The molecule has 0 bridgehead atoms. The van der Waals surface area contributed by atoms with Crippen LogP contribution < -0.4 is 5.32 Å². The normalized spacial score (nSPS) is 24.8. The van der Waals surface area contributed by atoms with Gasteiger partial charge < -0.3 is 19.7 Å². The molecule has 0 aromatic rings. The summed E-state index contributed by atoms with van der Waals surface area (Å²) >= 11 is 0. The fourth-order valence-electron chi connectivity index (χ4n) is 2.60. The van der Waals surface area contributed by atoms with Crippen molar-refractivity contribution in [3.8, 4) is 0 Å². The van der Waals surface area contributed by atoms with Gasteiger partial charge in [-0.2, -0.15) is 0 Å². The summed E-state index contributed by atoms with van der Waals surface area (Å²) < 4.78 is 11.3. The molecular weight excluding hydrogens is 256 g/mol. The molecular formula is C15H30N2O3. The summed E-state index contributed by atoms with van der Waals surface area (Å²) in [6.45, 7) is 13.0. The molecule has 0 unspecified atom stereocenters. The lowest BCUT2D eigenvalue weighted by Gasteiger charge is -2.35. The zero-order valence-corrected chi connectivity index (χ0v) is 13.5. The van der Waals surface area contributed by atoms with E-state index in [1.165, 1.54) is 0 Å². The Labute approximate surface area is 123 Å². The van der Waals surface area contributed by atoms with E-state index in [1.54, 1.807) is 0 Å². The van der Waals surface area contributed by atoms with Crippen LogP contribution >= 0.6 is 0 Å². The summed E-state index contributed by atoms with van der Waals surface area (Å²) in [7, 11) is 0. The van der Waals surface area contributed by atoms with Crippen LogP contribution in [0.1, 0.15) is 41.0 Å². The number of hydrogen-bond donors (Lipinski definition) is 1. The molecule has 2 amide bonds. The van der Waals surface area contributed by atoms with Crippen molar-refractivity contribution in [2.45, 2.75) is 59.4 Å². The van der Waals surface area contributed by atoms with Crippen molar-refractivity contribution < 1.29 is 14.3 Å². The van der Waals surface area contributed by atoms with Crippen LogP contribution in [-0.2, 0) is 9.47 Å². The molecule has 1 saturated heterocycles. The number of ether oxygens (including phenoxy) is 2. The first-order valence-corrected chi connectivity index (χ1v) is 7.73. The smallest absolute Gasteiger partial charge is 0.317 e. The second kappa shape index (κ2) is 8.47. The molecule has 5 nitrogen and oxygen atoms in total. The summed E-state index contributed by atoms with van der Waals surface area (Å²) in [6, 6.07) is 0.00556. The summed E-state index contributed by atoms with van der Waals surface area (Å²) in [4.78, 5) is 14.0. The molecule has 1 aliphatic heterocycles. The standard InChI is InChI=1S/C15H30N2O3/c1-6-19-14(11(2)3)7-8-16-15(18)17-9-12(4)20-13(5)10-17/h11-14H,6-10H2,1-5H3,(H,16,18)/t12-,13+,14-/m1/s1. The van der Waals surface area contributed by atoms with E-state index in [0.29, 0.717) is 25.6 Å². The number of urea groups is 1. The number of carbonyl (C=O) groups is 1. The predicted octanol–water partition coefficient (Wildman–Crippen LogP) is 2.26. The lowest BCUT2D eigenvalue weighted by molar-refractivity contribution is -0.0546. The van der Waals surface area contributed by atoms with Gasteiger partial charge in [0, 0.05) is 26.2 Å². The highest BCUT2D eigenvalue weighted by Gasteiger charge is 2.25. The van der Waals surface area contributed by atoms with Gasteiger partial charge in [-0.3, -0.25) is 0 Å². The molecule has 0 spiro atoms. The number of hydrogen-bond acceptors (Lipinski definition) is 3. The third-order valence-corrected chi connectivity index (χ3v) is 3.54. The van der Waals surface area contributed by atoms with Crippen molar-refractivity contribution in [3.63, 3.8) is 0 Å². The van der Waals surface area contributed by atoms with Crippen LogP contribution in [0.15, 0.2) is 0 Å². The first-order chi connectivity index (χ1) is 9.43. The van der Waals surface area contributed by atoms with E-state index in [-0.39, 0.29) is 24.3 Å². The average molecular weight is 286 g/mol. The van der Waals surface area contributed by atoms with Gasteiger partial charge >= 0.3 is 6.03 Å². The van der Waals surface area contributed by atoms with Crippen molar-refractivity contribution in [3.05, 3.63) is 0 Å². The van der Waals surface area contributed by atoms with E-state index < -0.39 is 0 Å². The second-order valence-electron chi connectivity index (χ2n) is 5.92. The Kier molecular flexibility index (Phi) is 7.30. The van der Waals surface area contributed by atoms with Crippen molar-refractivity contribution in [2.75, 3.05) is 26.2 Å². The maximum absolute atomic E-state index is 12.1. The molecule has 3 atom stereocenters. The molecule has 0 aliphatic carbocycles. The zero-order valence-electron chi connectivity index (χ0n) is 13.5. The monoisotopic (exact) mass is 286 g/mol. The first kappa shape index (κ1) is 17.2. The number of amides is 2. The van der Waals surface area contributed by atoms with Crippen LogP contribution in [-0.4, -0.2) is 55.5 Å². The Bertz CT molecular complexity index is 287. The highest BCUT2D eigenvalue weighted by molar-refractivity contribution is 5.74. The van der Waals surface area contributed by atoms with Crippen LogP contribution in [0.3, 0.4) is 0 Å². The Morgan fingerprint density at radius 1 is 1.35 bits per heavy atom. The van der Waals surface area contributed by atoms with Crippen LogP contribution in [0.25, 0.3) is 0 Å². The van der Waals surface area contributed by atoms with Crippen molar-refractivity contribution in [1.82, 2.24) is 10.2 Å². The molecule has 1 aliphatic rings. The summed E-state index contributed by atoms with van der Waals surface area (Å²) in [5.41, 5.74) is 0. The lowest BCUT2D eigenvalue weighted by atomic mass is 10.0. The third kappa shape index (κ3) is 5.67. The Hall–Kier alpha value is -0.810. The molecule has 0 aromatic carbocycles. The number of carbonyl (C=O) groups excluding carboxylic acids is 1. The first-order valence-electron chi connectivity index (χ1n) is 7.73. The largest absolute Gasteiger partial charge is 0.378 e. The fraction of sp³-hybridized carbons (Fsp3) is 0.933. The van der Waals surface area contributed by atoms with E-state index in [9.17, 15) is 4.79 Å².